The highest BCUT2D eigenvalue weighted by Gasteiger charge is 2.37. The molecule has 0 spiro atoms. The quantitative estimate of drug-likeness (QED) is 0.610. The summed E-state index contributed by atoms with van der Waals surface area (Å²) in [5, 5.41) is 0. The molecule has 2 atom stereocenters. The largest absolute Gasteiger partial charge is 0.340 e. The minimum Gasteiger partial charge on any atom is -0.340 e. The molecule has 8 nitrogen and oxygen atoms in total. The van der Waals surface area contributed by atoms with Crippen LogP contribution < -0.4 is 0 Å². The molecule has 2 unspecified atom stereocenters. The lowest BCUT2D eigenvalue weighted by Gasteiger charge is -2.30. The maximum absolute atomic E-state index is 12.4. The molecule has 2 rings (SSSR count). The third kappa shape index (κ3) is 4.43. The molecule has 0 saturated carbocycles. The highest BCUT2D eigenvalue weighted by Crippen LogP contribution is 2.20. The van der Waals surface area contributed by atoms with Crippen molar-refractivity contribution in [2.45, 2.75) is 31.8 Å². The van der Waals surface area contributed by atoms with Crippen LogP contribution in [0.4, 0.5) is 0 Å². The zero-order valence-electron chi connectivity index (χ0n) is 13.3. The fourth-order valence-corrected chi connectivity index (χ4v) is 6.57. The van der Waals surface area contributed by atoms with E-state index in [2.05, 4.69) is 0 Å². The predicted molar refractivity (Wildman–Crippen MR) is 84.3 cm³/mol. The number of amides is 2. The van der Waals surface area contributed by atoms with Crippen molar-refractivity contribution in [2.24, 2.45) is 0 Å². The third-order valence-electron chi connectivity index (χ3n) is 4.51. The van der Waals surface area contributed by atoms with E-state index in [9.17, 15) is 26.4 Å². The Kier molecular flexibility index (Phi) is 5.05. The second kappa shape index (κ2) is 6.39. The molecule has 132 valence electrons. The molecule has 0 N–H and O–H groups in total. The van der Waals surface area contributed by atoms with E-state index in [0.717, 1.165) is 0 Å². The molecule has 0 aromatic heterocycles. The Morgan fingerprint density at radius 1 is 0.957 bits per heavy atom. The number of rotatable bonds is 4. The van der Waals surface area contributed by atoms with Gasteiger partial charge in [0.15, 0.2) is 19.7 Å². The molecule has 0 bridgehead atoms. The van der Waals surface area contributed by atoms with Crippen LogP contribution in [0.25, 0.3) is 0 Å². The van der Waals surface area contributed by atoms with Crippen LogP contribution in [0.2, 0.25) is 0 Å². The molecule has 2 amide bonds. The highest BCUT2D eigenvalue weighted by molar-refractivity contribution is 7.91. The van der Waals surface area contributed by atoms with Gasteiger partial charge in [0.25, 0.3) is 0 Å². The SMILES string of the molecule is CC(=O)N(CC(=O)N(C)C1CCS(=O)(=O)C1)C1CCS(=O)(=O)C1. The Morgan fingerprint density at radius 3 is 1.83 bits per heavy atom. The molecule has 0 aromatic rings. The van der Waals surface area contributed by atoms with Crippen LogP contribution in [-0.2, 0) is 29.3 Å². The highest BCUT2D eigenvalue weighted by atomic mass is 32.2. The van der Waals surface area contributed by atoms with Crippen LogP contribution in [0.15, 0.2) is 0 Å². The van der Waals surface area contributed by atoms with Gasteiger partial charge < -0.3 is 9.80 Å². The minimum atomic E-state index is -3.16. The monoisotopic (exact) mass is 366 g/mol. The van der Waals surface area contributed by atoms with E-state index >= 15 is 0 Å². The van der Waals surface area contributed by atoms with Crippen LogP contribution in [0, 0.1) is 0 Å². The van der Waals surface area contributed by atoms with Gasteiger partial charge in [-0.2, -0.15) is 0 Å². The molecule has 0 aromatic carbocycles. The van der Waals surface area contributed by atoms with Gasteiger partial charge in [0.05, 0.1) is 23.0 Å². The molecule has 10 heteroatoms. The van der Waals surface area contributed by atoms with E-state index in [1.165, 1.54) is 23.8 Å². The zero-order chi connectivity index (χ0) is 17.4. The van der Waals surface area contributed by atoms with Gasteiger partial charge in [0, 0.05) is 26.1 Å². The third-order valence-corrected chi connectivity index (χ3v) is 8.01. The Labute approximate surface area is 136 Å². The summed E-state index contributed by atoms with van der Waals surface area (Å²) in [5.41, 5.74) is 0. The van der Waals surface area contributed by atoms with Gasteiger partial charge >= 0.3 is 0 Å². The summed E-state index contributed by atoms with van der Waals surface area (Å²) >= 11 is 0. The lowest BCUT2D eigenvalue weighted by molar-refractivity contribution is -0.141. The second-order valence-electron chi connectivity index (χ2n) is 6.27. The minimum absolute atomic E-state index is 0.0202. The number of nitrogens with zero attached hydrogens (tertiary/aromatic N) is 2. The van der Waals surface area contributed by atoms with E-state index in [0.29, 0.717) is 12.8 Å². The van der Waals surface area contributed by atoms with Crippen molar-refractivity contribution in [3.05, 3.63) is 0 Å². The smallest absolute Gasteiger partial charge is 0.242 e. The van der Waals surface area contributed by atoms with Gasteiger partial charge in [0.2, 0.25) is 11.8 Å². The maximum Gasteiger partial charge on any atom is 0.242 e. The molecule has 0 radical (unpaired) electrons. The van der Waals surface area contributed by atoms with E-state index in [1.54, 1.807) is 0 Å². The van der Waals surface area contributed by atoms with Crippen molar-refractivity contribution in [1.82, 2.24) is 9.80 Å². The van der Waals surface area contributed by atoms with Gasteiger partial charge in [-0.05, 0) is 12.8 Å². The van der Waals surface area contributed by atoms with Crippen molar-refractivity contribution in [2.75, 3.05) is 36.6 Å². The summed E-state index contributed by atoms with van der Waals surface area (Å²) in [6, 6.07) is -0.865. The number of carbonyl (C=O) groups is 2. The topological polar surface area (TPSA) is 109 Å². The number of likely N-dealkylation sites (N-methyl/N-ethyl adjacent to an activating group) is 1. The molecule has 2 fully saturated rings. The predicted octanol–water partition coefficient (Wildman–Crippen LogP) is -1.33. The van der Waals surface area contributed by atoms with Crippen molar-refractivity contribution < 1.29 is 26.4 Å². The van der Waals surface area contributed by atoms with E-state index < -0.39 is 25.7 Å². The lowest BCUT2D eigenvalue weighted by Crippen LogP contribution is -2.48. The molecule has 23 heavy (non-hydrogen) atoms. The van der Waals surface area contributed by atoms with Gasteiger partial charge in [-0.25, -0.2) is 16.8 Å². The van der Waals surface area contributed by atoms with Crippen LogP contribution in [0.5, 0.6) is 0 Å². The van der Waals surface area contributed by atoms with Crippen molar-refractivity contribution >= 4 is 31.5 Å². The lowest BCUT2D eigenvalue weighted by atomic mass is 10.2. The normalized spacial score (nSPS) is 28.4. The first-order valence-corrected chi connectivity index (χ1v) is 11.1. The maximum atomic E-state index is 12.4. The zero-order valence-corrected chi connectivity index (χ0v) is 14.9. The number of sulfone groups is 2. The summed E-state index contributed by atoms with van der Waals surface area (Å²) in [4.78, 5) is 26.8. The first-order valence-electron chi connectivity index (χ1n) is 7.44. The fraction of sp³-hybridized carbons (Fsp3) is 0.846. The average molecular weight is 366 g/mol. The number of hydrogen-bond acceptors (Lipinski definition) is 6. The van der Waals surface area contributed by atoms with Gasteiger partial charge in [-0.1, -0.05) is 0 Å². The van der Waals surface area contributed by atoms with Crippen LogP contribution >= 0.6 is 0 Å². The van der Waals surface area contributed by atoms with E-state index in [1.807, 2.05) is 0 Å². The van der Waals surface area contributed by atoms with Crippen LogP contribution in [-0.4, -0.2) is 87.1 Å². The molecule has 2 heterocycles. The number of carbonyl (C=O) groups excluding carboxylic acids is 2. The van der Waals surface area contributed by atoms with Crippen molar-refractivity contribution in [1.29, 1.82) is 0 Å². The molecular formula is C13H22N2O6S2. The first kappa shape index (κ1) is 18.2. The summed E-state index contributed by atoms with van der Waals surface area (Å²) in [5.74, 6) is -0.826. The molecule has 0 aliphatic carbocycles. The fourth-order valence-electron chi connectivity index (χ4n) is 3.06. The molecule has 2 saturated heterocycles. The molecule has 2 aliphatic rings. The van der Waals surface area contributed by atoms with Gasteiger partial charge in [-0.15, -0.1) is 0 Å². The van der Waals surface area contributed by atoms with Crippen molar-refractivity contribution in [3.8, 4) is 0 Å². The van der Waals surface area contributed by atoms with Crippen molar-refractivity contribution in [3.63, 3.8) is 0 Å². The van der Waals surface area contributed by atoms with E-state index in [4.69, 9.17) is 0 Å². The Bertz CT molecular complexity index is 700. The molecule has 2 aliphatic heterocycles. The van der Waals surface area contributed by atoms with E-state index in [-0.39, 0.29) is 47.4 Å². The summed E-state index contributed by atoms with van der Waals surface area (Å²) in [6.07, 6.45) is 0.721. The number of hydrogen-bond donors (Lipinski definition) is 0. The average Bonchev–Trinajstić information content (AvgIpc) is 2.96. The Morgan fingerprint density at radius 2 is 1.43 bits per heavy atom. The summed E-state index contributed by atoms with van der Waals surface area (Å²) < 4.78 is 46.2. The van der Waals surface area contributed by atoms with Crippen LogP contribution in [0.1, 0.15) is 19.8 Å². The van der Waals surface area contributed by atoms with Gasteiger partial charge in [0.1, 0.15) is 6.54 Å². The first-order chi connectivity index (χ1) is 10.5. The van der Waals surface area contributed by atoms with Crippen LogP contribution in [0.3, 0.4) is 0 Å². The Balaban J connectivity index is 2.03. The standard InChI is InChI=1S/C13H22N2O6S2/c1-10(16)15(12-4-6-23(20,21)9-12)7-13(17)14(2)11-3-5-22(18,19)8-11/h11-12H,3-9H2,1-2H3. The molecular weight excluding hydrogens is 344 g/mol. The summed E-state index contributed by atoms with van der Waals surface area (Å²) in [6.45, 7) is 1.08. The Hall–Kier alpha value is -1.16. The second-order valence-corrected chi connectivity index (χ2v) is 10.7. The summed E-state index contributed by atoms with van der Waals surface area (Å²) in [7, 11) is -4.74. The van der Waals surface area contributed by atoms with Gasteiger partial charge in [-0.3, -0.25) is 9.59 Å².